The second kappa shape index (κ2) is 3.10. The van der Waals surface area contributed by atoms with E-state index in [-0.39, 0.29) is 5.82 Å². The fourth-order valence-electron chi connectivity index (χ4n) is 1.56. The van der Waals surface area contributed by atoms with Crippen LogP contribution in [0.25, 0.3) is 0 Å². The van der Waals surface area contributed by atoms with Crippen molar-refractivity contribution in [1.29, 1.82) is 0 Å². The molecule has 5 nitrogen and oxygen atoms in total. The molecule has 0 bridgehead atoms. The first kappa shape index (κ1) is 8.68. The molecule has 1 aromatic heterocycles. The Morgan fingerprint density at radius 3 is 2.92 bits per heavy atom. The van der Waals surface area contributed by atoms with Gasteiger partial charge in [-0.25, -0.2) is 0 Å². The third-order valence-corrected chi connectivity index (χ3v) is 3.00. The molecule has 1 aliphatic rings. The lowest BCUT2D eigenvalue weighted by Gasteiger charge is -2.08. The highest BCUT2D eigenvalue weighted by Crippen LogP contribution is 2.30. The van der Waals surface area contributed by atoms with Crippen molar-refractivity contribution >= 4 is 21.7 Å². The minimum atomic E-state index is -0.449. The number of aromatic nitrogens is 2. The highest BCUT2D eigenvalue weighted by molar-refractivity contribution is 9.10. The van der Waals surface area contributed by atoms with Gasteiger partial charge < -0.3 is 10.1 Å². The molecule has 70 valence electrons. The van der Waals surface area contributed by atoms with Gasteiger partial charge in [-0.3, -0.25) is 0 Å². The van der Waals surface area contributed by atoms with Gasteiger partial charge in [0, 0.05) is 0 Å². The Hall–Kier alpha value is -0.910. The summed E-state index contributed by atoms with van der Waals surface area (Å²) in [6, 6.07) is 0. The largest absolute Gasteiger partial charge is 0.404 e. The number of fused-ring (bicyclic) bond motifs is 1. The van der Waals surface area contributed by atoms with Crippen LogP contribution in [-0.4, -0.2) is 14.7 Å². The van der Waals surface area contributed by atoms with Crippen molar-refractivity contribution < 1.29 is 4.92 Å². The molecule has 2 heterocycles. The zero-order valence-electron chi connectivity index (χ0n) is 6.86. The average molecular weight is 246 g/mol. The fraction of sp³-hybridized carbons (Fsp3) is 0.571. The highest BCUT2D eigenvalue weighted by atomic mass is 79.9. The van der Waals surface area contributed by atoms with Crippen molar-refractivity contribution in [3.63, 3.8) is 0 Å². The maximum atomic E-state index is 10.5. The Morgan fingerprint density at radius 2 is 2.31 bits per heavy atom. The molecule has 2 rings (SSSR count). The quantitative estimate of drug-likeness (QED) is 0.561. The zero-order valence-corrected chi connectivity index (χ0v) is 8.45. The molecule has 0 amide bonds. The predicted molar refractivity (Wildman–Crippen MR) is 49.5 cm³/mol. The molecule has 0 saturated carbocycles. The second-order valence-corrected chi connectivity index (χ2v) is 3.81. The predicted octanol–water partition coefficient (Wildman–Crippen LogP) is 1.89. The molecule has 0 radical (unpaired) electrons. The number of rotatable bonds is 1. The smallest absolute Gasteiger partial charge is 0.358 e. The van der Waals surface area contributed by atoms with Crippen molar-refractivity contribution in [1.82, 2.24) is 9.78 Å². The van der Waals surface area contributed by atoms with E-state index in [1.165, 1.54) is 0 Å². The van der Waals surface area contributed by atoms with Gasteiger partial charge in [-0.15, -0.1) is 0 Å². The number of nitro groups is 1. The molecule has 0 N–H and O–H groups in total. The van der Waals surface area contributed by atoms with Gasteiger partial charge in [0.15, 0.2) is 0 Å². The van der Waals surface area contributed by atoms with Crippen molar-refractivity contribution in [2.45, 2.75) is 25.8 Å². The molecular weight excluding hydrogens is 238 g/mol. The SMILES string of the molecule is O=[N+]([O-])c1nn2c(c1Br)CCCC2. The van der Waals surface area contributed by atoms with Crippen LogP contribution in [0.4, 0.5) is 5.82 Å². The van der Waals surface area contributed by atoms with Crippen LogP contribution in [0, 0.1) is 10.1 Å². The van der Waals surface area contributed by atoms with E-state index in [0.29, 0.717) is 4.47 Å². The average Bonchev–Trinajstić information content (AvgIpc) is 2.45. The third-order valence-electron chi connectivity index (χ3n) is 2.18. The van der Waals surface area contributed by atoms with E-state index in [2.05, 4.69) is 21.0 Å². The minimum absolute atomic E-state index is 0.0584. The summed E-state index contributed by atoms with van der Waals surface area (Å²) >= 11 is 3.21. The van der Waals surface area contributed by atoms with Crippen LogP contribution in [0.15, 0.2) is 4.47 Å². The Morgan fingerprint density at radius 1 is 1.54 bits per heavy atom. The van der Waals surface area contributed by atoms with Crippen LogP contribution in [0.5, 0.6) is 0 Å². The second-order valence-electron chi connectivity index (χ2n) is 3.02. The van der Waals surface area contributed by atoms with Crippen LogP contribution in [-0.2, 0) is 13.0 Å². The minimum Gasteiger partial charge on any atom is -0.358 e. The maximum Gasteiger partial charge on any atom is 0.404 e. The highest BCUT2D eigenvalue weighted by Gasteiger charge is 2.27. The molecule has 1 aliphatic heterocycles. The summed E-state index contributed by atoms with van der Waals surface area (Å²) in [7, 11) is 0. The molecule has 0 aliphatic carbocycles. The summed E-state index contributed by atoms with van der Waals surface area (Å²) in [5, 5.41) is 14.5. The van der Waals surface area contributed by atoms with Crippen LogP contribution < -0.4 is 0 Å². The maximum absolute atomic E-state index is 10.5. The third kappa shape index (κ3) is 1.35. The topological polar surface area (TPSA) is 61.0 Å². The van der Waals surface area contributed by atoms with Gasteiger partial charge in [0.2, 0.25) is 0 Å². The summed E-state index contributed by atoms with van der Waals surface area (Å²) in [6.45, 7) is 0.793. The van der Waals surface area contributed by atoms with Gasteiger partial charge in [-0.2, -0.15) is 4.68 Å². The van der Waals surface area contributed by atoms with E-state index in [1.54, 1.807) is 4.68 Å². The summed E-state index contributed by atoms with van der Waals surface area (Å²) in [6.07, 6.45) is 3.02. The van der Waals surface area contributed by atoms with E-state index in [1.807, 2.05) is 0 Å². The van der Waals surface area contributed by atoms with Crippen LogP contribution >= 0.6 is 15.9 Å². The van der Waals surface area contributed by atoms with Gasteiger partial charge in [0.1, 0.15) is 4.47 Å². The van der Waals surface area contributed by atoms with Crippen LogP contribution in [0.2, 0.25) is 0 Å². The van der Waals surface area contributed by atoms with Crippen molar-refractivity contribution in [3.05, 3.63) is 20.3 Å². The van der Waals surface area contributed by atoms with E-state index in [9.17, 15) is 10.1 Å². The Bertz CT molecular complexity index is 361. The molecule has 0 aromatic carbocycles. The van der Waals surface area contributed by atoms with E-state index in [0.717, 1.165) is 31.5 Å². The molecule has 0 atom stereocenters. The lowest BCUT2D eigenvalue weighted by molar-refractivity contribution is -0.390. The van der Waals surface area contributed by atoms with Gasteiger partial charge >= 0.3 is 5.82 Å². The molecule has 0 unspecified atom stereocenters. The normalized spacial score (nSPS) is 15.5. The molecule has 13 heavy (non-hydrogen) atoms. The Kier molecular flexibility index (Phi) is 2.07. The standard InChI is InChI=1S/C7H8BrN3O2/c8-6-5-3-1-2-4-10(5)9-7(6)11(12)13/h1-4H2. The number of hydrogen-bond donors (Lipinski definition) is 0. The van der Waals surface area contributed by atoms with Gasteiger partial charge in [0.25, 0.3) is 0 Å². The molecule has 0 spiro atoms. The molecule has 6 heteroatoms. The lowest BCUT2D eigenvalue weighted by atomic mass is 10.1. The monoisotopic (exact) mass is 245 g/mol. The van der Waals surface area contributed by atoms with Crippen molar-refractivity contribution in [3.8, 4) is 0 Å². The molecule has 0 fully saturated rings. The van der Waals surface area contributed by atoms with Gasteiger partial charge in [-0.1, -0.05) is 0 Å². The number of hydrogen-bond acceptors (Lipinski definition) is 3. The summed E-state index contributed by atoms with van der Waals surface area (Å²) < 4.78 is 2.28. The summed E-state index contributed by atoms with van der Waals surface area (Å²) in [4.78, 5) is 10.1. The van der Waals surface area contributed by atoms with Crippen LogP contribution in [0.1, 0.15) is 18.5 Å². The number of nitrogens with zero attached hydrogens (tertiary/aromatic N) is 3. The summed E-state index contributed by atoms with van der Waals surface area (Å²) in [5.74, 6) is -0.0584. The van der Waals surface area contributed by atoms with Crippen molar-refractivity contribution in [2.75, 3.05) is 0 Å². The van der Waals surface area contributed by atoms with Crippen LogP contribution in [0.3, 0.4) is 0 Å². The zero-order chi connectivity index (χ0) is 9.42. The van der Waals surface area contributed by atoms with Gasteiger partial charge in [-0.05, 0) is 40.1 Å². The number of halogens is 1. The molecular formula is C7H8BrN3O2. The molecule has 1 aromatic rings. The fourth-order valence-corrected chi connectivity index (χ4v) is 2.18. The number of aryl methyl sites for hydroxylation is 1. The molecule has 0 saturated heterocycles. The van der Waals surface area contributed by atoms with Crippen molar-refractivity contribution in [2.24, 2.45) is 0 Å². The first-order chi connectivity index (χ1) is 6.20. The van der Waals surface area contributed by atoms with Gasteiger partial charge in [0.05, 0.1) is 17.3 Å². The lowest BCUT2D eigenvalue weighted by Crippen LogP contribution is -2.11. The Labute approximate surface area is 83.0 Å². The van der Waals surface area contributed by atoms with E-state index >= 15 is 0 Å². The Balaban J connectivity index is 2.50. The summed E-state index contributed by atoms with van der Waals surface area (Å²) in [5.41, 5.74) is 0.956. The van der Waals surface area contributed by atoms with E-state index in [4.69, 9.17) is 0 Å². The first-order valence-electron chi connectivity index (χ1n) is 4.09. The first-order valence-corrected chi connectivity index (χ1v) is 4.89. The van der Waals surface area contributed by atoms with E-state index < -0.39 is 4.92 Å².